The first-order valence-corrected chi connectivity index (χ1v) is 13.4. The van der Waals surface area contributed by atoms with Crippen LogP contribution in [0.25, 0.3) is 33.4 Å². The molecule has 0 N–H and O–H groups in total. The monoisotopic (exact) mass is 555 g/mol. The summed E-state index contributed by atoms with van der Waals surface area (Å²) in [6, 6.07) is 12.2. The van der Waals surface area contributed by atoms with Gasteiger partial charge in [-0.2, -0.15) is 0 Å². The van der Waals surface area contributed by atoms with Crippen molar-refractivity contribution in [3.63, 3.8) is 0 Å². The summed E-state index contributed by atoms with van der Waals surface area (Å²) < 4.78 is 2.07. The van der Waals surface area contributed by atoms with Gasteiger partial charge in [0.1, 0.15) is 10.8 Å². The van der Waals surface area contributed by atoms with Gasteiger partial charge in [0.25, 0.3) is 0 Å². The molecule has 0 aliphatic carbocycles. The lowest BCUT2D eigenvalue weighted by Gasteiger charge is -2.36. The number of halogens is 3. The zero-order valence-electron chi connectivity index (χ0n) is 21.0. The SMILES string of the molecule is CC(=O)N1CCC(N(C)Cc2cn(C)c3nc(-c4cccc(-c5ccnc(Cl)c5Cl)c4Cl)ccc23)CC1. The number of likely N-dealkylation sites (tertiary alicyclic amines) is 1. The molecule has 1 saturated heterocycles. The van der Waals surface area contributed by atoms with E-state index in [4.69, 9.17) is 39.8 Å². The van der Waals surface area contributed by atoms with E-state index in [1.807, 2.05) is 36.2 Å². The van der Waals surface area contributed by atoms with E-state index in [0.717, 1.165) is 65.9 Å². The fourth-order valence-corrected chi connectivity index (χ4v) is 5.89. The summed E-state index contributed by atoms with van der Waals surface area (Å²) in [5.41, 5.74) is 5.24. The van der Waals surface area contributed by atoms with Crippen molar-refractivity contribution in [1.82, 2.24) is 24.3 Å². The number of carbonyl (C=O) groups is 1. The second kappa shape index (κ2) is 10.6. The molecule has 0 spiro atoms. The van der Waals surface area contributed by atoms with E-state index in [-0.39, 0.29) is 11.1 Å². The van der Waals surface area contributed by atoms with Gasteiger partial charge in [-0.25, -0.2) is 9.97 Å². The summed E-state index contributed by atoms with van der Waals surface area (Å²) in [7, 11) is 4.18. The van der Waals surface area contributed by atoms with Crippen LogP contribution in [0.5, 0.6) is 0 Å². The Morgan fingerprint density at radius 2 is 1.73 bits per heavy atom. The Balaban J connectivity index is 1.42. The van der Waals surface area contributed by atoms with E-state index in [0.29, 0.717) is 16.1 Å². The van der Waals surface area contributed by atoms with E-state index in [1.54, 1.807) is 19.2 Å². The maximum atomic E-state index is 11.7. The first-order valence-electron chi connectivity index (χ1n) is 12.2. The second-order valence-electron chi connectivity index (χ2n) is 9.62. The van der Waals surface area contributed by atoms with Crippen molar-refractivity contribution in [3.8, 4) is 22.4 Å². The maximum Gasteiger partial charge on any atom is 0.219 e. The van der Waals surface area contributed by atoms with Crippen molar-refractivity contribution in [2.45, 2.75) is 32.4 Å². The molecule has 4 aromatic rings. The third kappa shape index (κ3) is 5.08. The normalized spacial score (nSPS) is 14.6. The van der Waals surface area contributed by atoms with Crippen LogP contribution in [0.4, 0.5) is 0 Å². The quantitative estimate of drug-likeness (QED) is 0.257. The molecule has 0 radical (unpaired) electrons. The highest BCUT2D eigenvalue weighted by Crippen LogP contribution is 2.40. The summed E-state index contributed by atoms with van der Waals surface area (Å²) in [4.78, 5) is 25.0. The zero-order chi connectivity index (χ0) is 26.3. The van der Waals surface area contributed by atoms with Crippen LogP contribution in [0.1, 0.15) is 25.3 Å². The molecule has 6 nitrogen and oxygen atoms in total. The fourth-order valence-electron chi connectivity index (χ4n) is 5.19. The predicted octanol–water partition coefficient (Wildman–Crippen LogP) is 6.71. The summed E-state index contributed by atoms with van der Waals surface area (Å²) in [6.07, 6.45) is 5.75. The molecule has 1 aromatic carbocycles. The molecule has 9 heteroatoms. The highest BCUT2D eigenvalue weighted by atomic mass is 35.5. The van der Waals surface area contributed by atoms with Gasteiger partial charge >= 0.3 is 0 Å². The molecule has 1 amide bonds. The Labute approximate surface area is 231 Å². The molecule has 0 bridgehead atoms. The Bertz CT molecular complexity index is 1480. The number of hydrogen-bond acceptors (Lipinski definition) is 4. The topological polar surface area (TPSA) is 54.3 Å². The highest BCUT2D eigenvalue weighted by Gasteiger charge is 2.24. The Hall–Kier alpha value is -2.64. The largest absolute Gasteiger partial charge is 0.343 e. The number of rotatable bonds is 5. The number of benzene rings is 1. The number of nitrogens with zero attached hydrogens (tertiary/aromatic N) is 5. The number of pyridine rings is 2. The van der Waals surface area contributed by atoms with Gasteiger partial charge in [0.15, 0.2) is 0 Å². The lowest BCUT2D eigenvalue weighted by atomic mass is 10.0. The van der Waals surface area contributed by atoms with Crippen LogP contribution in [0.15, 0.2) is 48.8 Å². The van der Waals surface area contributed by atoms with E-state index in [1.165, 1.54) is 5.56 Å². The minimum Gasteiger partial charge on any atom is -0.343 e. The third-order valence-corrected chi connectivity index (χ3v) is 8.44. The Kier molecular flexibility index (Phi) is 7.46. The van der Waals surface area contributed by atoms with Crippen molar-refractivity contribution in [2.75, 3.05) is 20.1 Å². The molecule has 4 heterocycles. The molecule has 37 heavy (non-hydrogen) atoms. The van der Waals surface area contributed by atoms with Crippen LogP contribution in [0.2, 0.25) is 15.2 Å². The van der Waals surface area contributed by atoms with Crippen LogP contribution in [-0.4, -0.2) is 56.4 Å². The van der Waals surface area contributed by atoms with Crippen molar-refractivity contribution in [3.05, 3.63) is 69.6 Å². The van der Waals surface area contributed by atoms with E-state index >= 15 is 0 Å². The number of piperidine rings is 1. The zero-order valence-corrected chi connectivity index (χ0v) is 23.3. The molecule has 5 rings (SSSR count). The Morgan fingerprint density at radius 3 is 2.46 bits per heavy atom. The maximum absolute atomic E-state index is 11.7. The van der Waals surface area contributed by atoms with Gasteiger partial charge in [-0.1, -0.05) is 53.0 Å². The van der Waals surface area contributed by atoms with Crippen LogP contribution in [-0.2, 0) is 18.4 Å². The van der Waals surface area contributed by atoms with Crippen molar-refractivity contribution in [1.29, 1.82) is 0 Å². The molecule has 0 unspecified atom stereocenters. The van der Waals surface area contributed by atoms with E-state index in [2.05, 4.69) is 33.8 Å². The van der Waals surface area contributed by atoms with Gasteiger partial charge in [0.2, 0.25) is 5.91 Å². The summed E-state index contributed by atoms with van der Waals surface area (Å²) in [6.45, 7) is 4.11. The van der Waals surface area contributed by atoms with Crippen molar-refractivity contribution < 1.29 is 4.79 Å². The van der Waals surface area contributed by atoms with E-state index < -0.39 is 0 Å². The number of carbonyl (C=O) groups excluding carboxylic acids is 1. The van der Waals surface area contributed by atoms with Crippen molar-refractivity contribution in [2.24, 2.45) is 7.05 Å². The number of amides is 1. The minimum atomic E-state index is 0.162. The molecule has 1 aliphatic heterocycles. The number of hydrogen-bond donors (Lipinski definition) is 0. The molecular formula is C28H28Cl3N5O. The van der Waals surface area contributed by atoms with E-state index in [9.17, 15) is 4.79 Å². The number of aromatic nitrogens is 3. The average molecular weight is 557 g/mol. The first kappa shape index (κ1) is 26.0. The van der Waals surface area contributed by atoms with Crippen LogP contribution in [0, 0.1) is 0 Å². The minimum absolute atomic E-state index is 0.162. The molecule has 1 aliphatic rings. The lowest BCUT2D eigenvalue weighted by molar-refractivity contribution is -0.130. The van der Waals surface area contributed by atoms with Crippen LogP contribution >= 0.6 is 34.8 Å². The van der Waals surface area contributed by atoms with Crippen LogP contribution in [0.3, 0.4) is 0 Å². The van der Waals surface area contributed by atoms with Gasteiger partial charge in [-0.3, -0.25) is 9.69 Å². The standard InChI is InChI=1S/C28H28Cl3N5O/c1-17(37)36-13-10-19(11-14-36)34(2)15-18-16-35(3)28-20(18)7-8-24(33-28)23-6-4-5-21(25(23)29)22-9-12-32-27(31)26(22)30/h4-9,12,16,19H,10-11,13-15H2,1-3H3. The van der Waals surface area contributed by atoms with Gasteiger partial charge in [-0.05, 0) is 43.7 Å². The number of fused-ring (bicyclic) bond motifs is 1. The lowest BCUT2D eigenvalue weighted by Crippen LogP contribution is -2.44. The van der Waals surface area contributed by atoms with Gasteiger partial charge in [0, 0.05) is 74.1 Å². The summed E-state index contributed by atoms with van der Waals surface area (Å²) in [5, 5.41) is 2.29. The summed E-state index contributed by atoms with van der Waals surface area (Å²) in [5.74, 6) is 0.162. The fraction of sp³-hybridized carbons (Fsp3) is 0.321. The number of aryl methyl sites for hydroxylation is 1. The van der Waals surface area contributed by atoms with Gasteiger partial charge in [0.05, 0.1) is 15.7 Å². The second-order valence-corrected chi connectivity index (χ2v) is 10.7. The third-order valence-electron chi connectivity index (χ3n) is 7.27. The average Bonchev–Trinajstić information content (AvgIpc) is 3.20. The first-order chi connectivity index (χ1) is 17.7. The van der Waals surface area contributed by atoms with Gasteiger partial charge < -0.3 is 9.47 Å². The molecule has 192 valence electrons. The predicted molar refractivity (Wildman–Crippen MR) is 151 cm³/mol. The molecule has 0 saturated carbocycles. The van der Waals surface area contributed by atoms with Crippen molar-refractivity contribution >= 4 is 51.7 Å². The summed E-state index contributed by atoms with van der Waals surface area (Å²) >= 11 is 19.4. The molecule has 0 atom stereocenters. The Morgan fingerprint density at radius 1 is 1.03 bits per heavy atom. The highest BCUT2D eigenvalue weighted by molar-refractivity contribution is 6.43. The van der Waals surface area contributed by atoms with Crippen LogP contribution < -0.4 is 0 Å². The molecular weight excluding hydrogens is 529 g/mol. The van der Waals surface area contributed by atoms with Gasteiger partial charge in [-0.15, -0.1) is 0 Å². The molecule has 3 aromatic heterocycles. The smallest absolute Gasteiger partial charge is 0.219 e. The molecule has 1 fully saturated rings.